The molecule has 0 aliphatic heterocycles. The van der Waals surface area contributed by atoms with E-state index in [4.69, 9.17) is 0 Å². The Morgan fingerprint density at radius 3 is 2.85 bits per heavy atom. The van der Waals surface area contributed by atoms with Crippen molar-refractivity contribution in [2.45, 2.75) is 0 Å². The van der Waals surface area contributed by atoms with Crippen LogP contribution in [0.5, 0.6) is 0 Å². The monoisotopic (exact) mass is 182 g/mol. The lowest BCUT2D eigenvalue weighted by atomic mass is 10.8. The van der Waals surface area contributed by atoms with E-state index in [1.54, 1.807) is 0 Å². The maximum Gasteiger partial charge on any atom is 0.359 e. The molecule has 0 aliphatic carbocycles. The fourth-order valence-corrected chi connectivity index (χ4v) is 0.571. The predicted molar refractivity (Wildman–Crippen MR) is 33.9 cm³/mol. The SMILES string of the molecule is [O-][n+]1oncc1N=Nc1cnon1. The van der Waals surface area contributed by atoms with Gasteiger partial charge in [0.15, 0.2) is 0 Å². The zero-order valence-electron chi connectivity index (χ0n) is 6.06. The average molecular weight is 182 g/mol. The van der Waals surface area contributed by atoms with Crippen molar-refractivity contribution in [2.75, 3.05) is 0 Å². The second-order valence-corrected chi connectivity index (χ2v) is 1.90. The Bertz CT molecular complexity index is 405. The summed E-state index contributed by atoms with van der Waals surface area (Å²) < 4.78 is 8.37. The summed E-state index contributed by atoms with van der Waals surface area (Å²) in [6, 6.07) is 0. The summed E-state index contributed by atoms with van der Waals surface area (Å²) in [4.78, 5) is 0.108. The summed E-state index contributed by atoms with van der Waals surface area (Å²) in [5, 5.41) is 27.4. The van der Waals surface area contributed by atoms with Crippen molar-refractivity contribution in [3.05, 3.63) is 17.6 Å². The summed E-state index contributed by atoms with van der Waals surface area (Å²) in [6.07, 6.45) is 2.36. The molecule has 13 heavy (non-hydrogen) atoms. The van der Waals surface area contributed by atoms with E-state index < -0.39 is 0 Å². The summed E-state index contributed by atoms with van der Waals surface area (Å²) in [5.74, 6) is 0.0733. The van der Waals surface area contributed by atoms with Gasteiger partial charge >= 0.3 is 5.82 Å². The molecule has 0 aliphatic rings. The second-order valence-electron chi connectivity index (χ2n) is 1.90. The Morgan fingerprint density at radius 2 is 2.23 bits per heavy atom. The van der Waals surface area contributed by atoms with Gasteiger partial charge in [-0.05, 0) is 15.4 Å². The van der Waals surface area contributed by atoms with Crippen LogP contribution in [0.1, 0.15) is 0 Å². The minimum absolute atomic E-state index is 0.0806. The molecule has 0 bridgehead atoms. The van der Waals surface area contributed by atoms with Gasteiger partial charge in [0.2, 0.25) is 6.20 Å². The molecule has 0 N–H and O–H groups in total. The Hall–Kier alpha value is -2.32. The van der Waals surface area contributed by atoms with Gasteiger partial charge in [-0.1, -0.05) is 10.1 Å². The molecule has 0 radical (unpaired) electrons. The van der Waals surface area contributed by atoms with Gasteiger partial charge in [-0.15, -0.1) is 0 Å². The average Bonchev–Trinajstić information content (AvgIpc) is 2.72. The van der Waals surface area contributed by atoms with Crippen LogP contribution in [0, 0.1) is 5.21 Å². The van der Waals surface area contributed by atoms with Gasteiger partial charge in [0.25, 0.3) is 5.82 Å². The highest BCUT2D eigenvalue weighted by molar-refractivity contribution is 5.19. The van der Waals surface area contributed by atoms with Crippen LogP contribution < -0.4 is 4.90 Å². The highest BCUT2D eigenvalue weighted by atomic mass is 16.8. The third kappa shape index (κ3) is 1.47. The Kier molecular flexibility index (Phi) is 1.67. The molecule has 9 heteroatoms. The highest BCUT2D eigenvalue weighted by Crippen LogP contribution is 2.09. The number of aromatic nitrogens is 4. The smallest absolute Gasteiger partial charge is 0.359 e. The van der Waals surface area contributed by atoms with Gasteiger partial charge in [-0.2, -0.15) is 0 Å². The molecule has 2 aromatic heterocycles. The van der Waals surface area contributed by atoms with E-state index in [-0.39, 0.29) is 16.5 Å². The van der Waals surface area contributed by atoms with E-state index in [1.165, 1.54) is 6.20 Å². The lowest BCUT2D eigenvalue weighted by Crippen LogP contribution is -2.21. The molecule has 0 amide bonds. The summed E-state index contributed by atoms with van der Waals surface area (Å²) in [7, 11) is 0. The maximum atomic E-state index is 10.7. The molecule has 2 aromatic rings. The number of nitrogens with zero attached hydrogens (tertiary/aromatic N) is 6. The zero-order chi connectivity index (χ0) is 9.10. The fourth-order valence-electron chi connectivity index (χ4n) is 0.571. The Labute approximate surface area is 70.2 Å². The zero-order valence-corrected chi connectivity index (χ0v) is 6.06. The van der Waals surface area contributed by atoms with Gasteiger partial charge in [-0.25, -0.2) is 4.63 Å². The van der Waals surface area contributed by atoms with E-state index >= 15 is 0 Å². The molecule has 0 saturated heterocycles. The van der Waals surface area contributed by atoms with Crippen LogP contribution in [0.25, 0.3) is 0 Å². The van der Waals surface area contributed by atoms with Crippen LogP contribution >= 0.6 is 0 Å². The molecular weight excluding hydrogens is 180 g/mol. The summed E-state index contributed by atoms with van der Waals surface area (Å²) >= 11 is 0. The van der Waals surface area contributed by atoms with Crippen molar-refractivity contribution >= 4 is 11.6 Å². The molecule has 66 valence electrons. The van der Waals surface area contributed by atoms with Crippen LogP contribution in [-0.4, -0.2) is 15.5 Å². The van der Waals surface area contributed by atoms with Crippen molar-refractivity contribution in [3.8, 4) is 0 Å². The number of hydrogen-bond acceptors (Lipinski definition) is 8. The normalized spacial score (nSPS) is 11.1. The van der Waals surface area contributed by atoms with E-state index in [9.17, 15) is 5.21 Å². The van der Waals surface area contributed by atoms with Crippen molar-refractivity contribution in [1.82, 2.24) is 15.5 Å². The summed E-state index contributed by atoms with van der Waals surface area (Å²) in [6.45, 7) is 0. The number of rotatable bonds is 2. The third-order valence-corrected chi connectivity index (χ3v) is 1.08. The van der Waals surface area contributed by atoms with E-state index in [0.29, 0.717) is 0 Å². The van der Waals surface area contributed by atoms with Gasteiger partial charge < -0.3 is 9.84 Å². The lowest BCUT2D eigenvalue weighted by molar-refractivity contribution is -0.792. The fraction of sp³-hybridized carbons (Fsp3) is 0. The van der Waals surface area contributed by atoms with Crippen LogP contribution in [-0.2, 0) is 0 Å². The van der Waals surface area contributed by atoms with Crippen LogP contribution in [0.4, 0.5) is 11.6 Å². The first-order valence-corrected chi connectivity index (χ1v) is 3.10. The molecular formula is C4H2N6O3. The molecule has 2 heterocycles. The van der Waals surface area contributed by atoms with Crippen molar-refractivity contribution in [2.24, 2.45) is 10.2 Å². The van der Waals surface area contributed by atoms with Crippen molar-refractivity contribution in [3.63, 3.8) is 0 Å². The van der Waals surface area contributed by atoms with E-state index in [0.717, 1.165) is 6.20 Å². The summed E-state index contributed by atoms with van der Waals surface area (Å²) in [5.41, 5.74) is 0. The number of azo groups is 1. The molecule has 0 aromatic carbocycles. The molecule has 2 rings (SSSR count). The molecule has 0 fully saturated rings. The minimum atomic E-state index is -0.0806. The van der Waals surface area contributed by atoms with E-state index in [1.807, 2.05) is 0 Å². The Morgan fingerprint density at radius 1 is 1.31 bits per heavy atom. The Balaban J connectivity index is 2.19. The molecule has 0 spiro atoms. The van der Waals surface area contributed by atoms with Gasteiger partial charge in [0.05, 0.1) is 0 Å². The minimum Gasteiger partial charge on any atom is -0.391 e. The largest absolute Gasteiger partial charge is 0.391 e. The third-order valence-electron chi connectivity index (χ3n) is 1.08. The van der Waals surface area contributed by atoms with Crippen LogP contribution in [0.3, 0.4) is 0 Å². The van der Waals surface area contributed by atoms with Crippen molar-refractivity contribution in [1.29, 1.82) is 0 Å². The molecule has 0 atom stereocenters. The van der Waals surface area contributed by atoms with Gasteiger partial charge in [0.1, 0.15) is 6.20 Å². The highest BCUT2D eigenvalue weighted by Gasteiger charge is 2.05. The molecule has 0 saturated carbocycles. The van der Waals surface area contributed by atoms with Gasteiger partial charge in [0, 0.05) is 5.11 Å². The van der Waals surface area contributed by atoms with Crippen LogP contribution in [0.15, 0.2) is 31.9 Å². The molecule has 0 unspecified atom stereocenters. The van der Waals surface area contributed by atoms with Crippen molar-refractivity contribution < 1.29 is 14.2 Å². The molecule has 9 nitrogen and oxygen atoms in total. The lowest BCUT2D eigenvalue weighted by Gasteiger charge is -1.83. The quantitative estimate of drug-likeness (QED) is 0.480. The van der Waals surface area contributed by atoms with Gasteiger partial charge in [-0.3, -0.25) is 0 Å². The predicted octanol–water partition coefficient (Wildman–Crippen LogP) is 0.106. The van der Waals surface area contributed by atoms with Crippen LogP contribution in [0.2, 0.25) is 0 Å². The van der Waals surface area contributed by atoms with E-state index in [2.05, 4.69) is 35.0 Å². The number of hydrogen-bond donors (Lipinski definition) is 0. The first-order valence-electron chi connectivity index (χ1n) is 3.10. The second kappa shape index (κ2) is 2.97. The maximum absolute atomic E-state index is 10.7. The first-order chi connectivity index (χ1) is 6.36. The first kappa shape index (κ1) is 7.34. The topological polar surface area (TPSA) is 117 Å². The standard InChI is InChI=1S/C4H2N6O3/c11-10-4(2-6-13-10)8-7-3-1-5-12-9-3/h1-2H.